The number of thioether (sulfide) groups is 1. The van der Waals surface area contributed by atoms with Crippen molar-refractivity contribution >= 4 is 45.2 Å². The van der Waals surface area contributed by atoms with E-state index >= 15 is 0 Å². The average Bonchev–Trinajstić information content (AvgIpc) is 3.25. The molecule has 38 heavy (non-hydrogen) atoms. The molecule has 1 aliphatic heterocycles. The summed E-state index contributed by atoms with van der Waals surface area (Å²) in [5.41, 5.74) is 4.06. The van der Waals surface area contributed by atoms with Gasteiger partial charge in [-0.1, -0.05) is 40.2 Å². The number of fused-ring (bicyclic) bond motifs is 2. The summed E-state index contributed by atoms with van der Waals surface area (Å²) in [6.07, 6.45) is 0. The second kappa shape index (κ2) is 11.4. The lowest BCUT2D eigenvalue weighted by atomic mass is 10.1. The van der Waals surface area contributed by atoms with E-state index in [1.54, 1.807) is 24.3 Å². The number of benzene rings is 3. The fraction of sp³-hybridized carbons (Fsp3) is 0.172. The van der Waals surface area contributed by atoms with E-state index in [1.165, 1.54) is 18.9 Å². The van der Waals surface area contributed by atoms with Gasteiger partial charge in [0, 0.05) is 27.3 Å². The van der Waals surface area contributed by atoms with Crippen LogP contribution in [0.5, 0.6) is 11.5 Å². The Hall–Kier alpha value is -3.69. The molecule has 5 rings (SSSR count). The molecule has 0 fully saturated rings. The first-order valence-corrected chi connectivity index (χ1v) is 13.8. The lowest BCUT2D eigenvalue weighted by Gasteiger charge is -2.22. The van der Waals surface area contributed by atoms with Crippen LogP contribution in [0.25, 0.3) is 0 Å². The summed E-state index contributed by atoms with van der Waals surface area (Å²) in [6.45, 7) is 1.14. The van der Waals surface area contributed by atoms with Crippen LogP contribution in [-0.4, -0.2) is 34.4 Å². The summed E-state index contributed by atoms with van der Waals surface area (Å²) in [6, 6.07) is 24.4. The van der Waals surface area contributed by atoms with Gasteiger partial charge in [-0.3, -0.25) is 9.59 Å². The van der Waals surface area contributed by atoms with E-state index < -0.39 is 0 Å². The second-order valence-electron chi connectivity index (χ2n) is 8.84. The Bertz CT molecular complexity index is 1490. The molecule has 0 unspecified atom stereocenters. The maximum Gasteiger partial charge on any atom is 0.268 e. The Morgan fingerprint density at radius 3 is 2.61 bits per heavy atom. The van der Waals surface area contributed by atoms with Crippen LogP contribution >= 0.6 is 27.7 Å². The number of methoxy groups -OCH3 is 1. The van der Waals surface area contributed by atoms with Gasteiger partial charge >= 0.3 is 0 Å². The van der Waals surface area contributed by atoms with Gasteiger partial charge in [0.1, 0.15) is 5.69 Å². The zero-order chi connectivity index (χ0) is 26.6. The van der Waals surface area contributed by atoms with E-state index in [9.17, 15) is 14.7 Å². The highest BCUT2D eigenvalue weighted by Crippen LogP contribution is 2.31. The zero-order valence-corrected chi connectivity index (χ0v) is 23.1. The number of nitrogens with one attached hydrogen (secondary N) is 1. The smallest absolute Gasteiger partial charge is 0.268 e. The van der Waals surface area contributed by atoms with Gasteiger partial charge in [0.2, 0.25) is 5.91 Å². The molecule has 1 aliphatic rings. The number of rotatable bonds is 7. The van der Waals surface area contributed by atoms with Crippen molar-refractivity contribution in [3.63, 3.8) is 0 Å². The van der Waals surface area contributed by atoms with E-state index in [4.69, 9.17) is 4.74 Å². The SMILES string of the molecule is COc1cc(CNC(=O)c2ccc3n2Cc2ccccc2N(C(=O)CSc2ccc(Br)cc2)C3)ccc1O. The third kappa shape index (κ3) is 5.58. The molecule has 2 amide bonds. The first-order valence-electron chi connectivity index (χ1n) is 12.0. The summed E-state index contributed by atoms with van der Waals surface area (Å²) in [7, 11) is 1.48. The lowest BCUT2D eigenvalue weighted by molar-refractivity contribution is -0.116. The van der Waals surface area contributed by atoms with Crippen molar-refractivity contribution < 1.29 is 19.4 Å². The van der Waals surface area contributed by atoms with E-state index in [-0.39, 0.29) is 24.1 Å². The molecule has 2 heterocycles. The quantitative estimate of drug-likeness (QED) is 0.274. The minimum absolute atomic E-state index is 0.00676. The largest absolute Gasteiger partial charge is 0.504 e. The molecule has 7 nitrogen and oxygen atoms in total. The van der Waals surface area contributed by atoms with Crippen LogP contribution in [0.4, 0.5) is 5.69 Å². The molecule has 4 aromatic rings. The number of amides is 2. The Labute approximate surface area is 233 Å². The second-order valence-corrected chi connectivity index (χ2v) is 10.8. The molecular weight excluding hydrogens is 566 g/mol. The highest BCUT2D eigenvalue weighted by Gasteiger charge is 2.26. The number of nitrogens with zero attached hydrogens (tertiary/aromatic N) is 2. The van der Waals surface area contributed by atoms with E-state index in [2.05, 4.69) is 21.2 Å². The lowest BCUT2D eigenvalue weighted by Crippen LogP contribution is -2.32. The number of carbonyl (C=O) groups is 2. The number of phenols is 1. The predicted octanol–water partition coefficient (Wildman–Crippen LogP) is 5.58. The number of aromatic nitrogens is 1. The summed E-state index contributed by atoms with van der Waals surface area (Å²) in [5.74, 6) is 0.499. The van der Waals surface area contributed by atoms with Crippen molar-refractivity contribution in [1.82, 2.24) is 9.88 Å². The molecule has 0 saturated heterocycles. The Morgan fingerprint density at radius 2 is 1.82 bits per heavy atom. The molecule has 0 radical (unpaired) electrons. The van der Waals surface area contributed by atoms with Gasteiger partial charge in [0.05, 0.1) is 26.0 Å². The number of phenolic OH excluding ortho intramolecular Hbond substituents is 1. The molecule has 0 bridgehead atoms. The molecule has 1 aromatic heterocycles. The highest BCUT2D eigenvalue weighted by molar-refractivity contribution is 9.10. The number of carbonyl (C=O) groups excluding carboxylic acids is 2. The van der Waals surface area contributed by atoms with Gasteiger partial charge < -0.3 is 24.6 Å². The third-order valence-corrected chi connectivity index (χ3v) is 7.93. The third-order valence-electron chi connectivity index (χ3n) is 6.41. The number of halogens is 1. The Balaban J connectivity index is 1.34. The molecular formula is C29H26BrN3O4S. The van der Waals surface area contributed by atoms with Crippen LogP contribution in [0.3, 0.4) is 0 Å². The predicted molar refractivity (Wildman–Crippen MR) is 152 cm³/mol. The van der Waals surface area contributed by atoms with Crippen molar-refractivity contribution in [2.45, 2.75) is 24.5 Å². The van der Waals surface area contributed by atoms with Gasteiger partial charge in [-0.25, -0.2) is 0 Å². The molecule has 3 aromatic carbocycles. The Morgan fingerprint density at radius 1 is 1.03 bits per heavy atom. The van der Waals surface area contributed by atoms with E-state index in [1.807, 2.05) is 64.1 Å². The van der Waals surface area contributed by atoms with Crippen molar-refractivity contribution in [2.75, 3.05) is 17.8 Å². The minimum Gasteiger partial charge on any atom is -0.504 e. The number of anilines is 1. The van der Waals surface area contributed by atoms with Crippen LogP contribution in [0.15, 0.2) is 88.2 Å². The van der Waals surface area contributed by atoms with Crippen molar-refractivity contribution in [1.29, 1.82) is 0 Å². The van der Waals surface area contributed by atoms with Gasteiger partial charge in [-0.2, -0.15) is 0 Å². The first-order chi connectivity index (χ1) is 18.4. The molecule has 0 aliphatic carbocycles. The zero-order valence-electron chi connectivity index (χ0n) is 20.7. The fourth-order valence-electron chi connectivity index (χ4n) is 4.44. The van der Waals surface area contributed by atoms with E-state index in [0.717, 1.165) is 31.9 Å². The van der Waals surface area contributed by atoms with Gasteiger partial charge in [-0.15, -0.1) is 11.8 Å². The molecule has 9 heteroatoms. The molecule has 2 N–H and O–H groups in total. The minimum atomic E-state index is -0.216. The summed E-state index contributed by atoms with van der Waals surface area (Å²) >= 11 is 4.95. The van der Waals surface area contributed by atoms with Crippen molar-refractivity contribution in [3.8, 4) is 11.5 Å². The summed E-state index contributed by atoms with van der Waals surface area (Å²) in [4.78, 5) is 29.5. The fourth-order valence-corrected chi connectivity index (χ4v) is 5.48. The van der Waals surface area contributed by atoms with Crippen molar-refractivity contribution in [3.05, 3.63) is 106 Å². The van der Waals surface area contributed by atoms with E-state index in [0.29, 0.717) is 30.3 Å². The maximum absolute atomic E-state index is 13.4. The number of hydrogen-bond donors (Lipinski definition) is 2. The standard InChI is InChI=1S/C29H26BrN3O4S/c1-37-27-14-19(6-13-26(27)34)15-31-29(36)25-12-9-22-17-33(24-5-3-2-4-20(24)16-32(22)25)28(35)18-38-23-10-7-21(30)8-11-23/h2-14,34H,15-18H2,1H3,(H,31,36). The monoisotopic (exact) mass is 591 g/mol. The van der Waals surface area contributed by atoms with Gasteiger partial charge in [-0.05, 0) is 65.7 Å². The van der Waals surface area contributed by atoms with Crippen LogP contribution in [-0.2, 0) is 24.4 Å². The van der Waals surface area contributed by atoms with Crippen molar-refractivity contribution in [2.24, 2.45) is 0 Å². The van der Waals surface area contributed by atoms with Gasteiger partial charge in [0.15, 0.2) is 11.5 Å². The molecule has 194 valence electrons. The number of para-hydroxylation sites is 1. The molecule has 0 saturated carbocycles. The summed E-state index contributed by atoms with van der Waals surface area (Å²) < 4.78 is 8.13. The van der Waals surface area contributed by atoms with Crippen LogP contribution in [0, 0.1) is 0 Å². The highest BCUT2D eigenvalue weighted by atomic mass is 79.9. The number of ether oxygens (including phenoxy) is 1. The van der Waals surface area contributed by atoms with Crippen LogP contribution < -0.4 is 15.0 Å². The average molecular weight is 593 g/mol. The van der Waals surface area contributed by atoms with Gasteiger partial charge in [0.25, 0.3) is 5.91 Å². The first kappa shape index (κ1) is 25.9. The normalized spacial score (nSPS) is 12.3. The number of hydrogen-bond acceptors (Lipinski definition) is 5. The van der Waals surface area contributed by atoms with Crippen LogP contribution in [0.2, 0.25) is 0 Å². The summed E-state index contributed by atoms with van der Waals surface area (Å²) in [5, 5.41) is 12.8. The molecule has 0 spiro atoms. The van der Waals surface area contributed by atoms with Crippen LogP contribution in [0.1, 0.15) is 27.3 Å². The number of aromatic hydroxyl groups is 1. The molecule has 0 atom stereocenters. The maximum atomic E-state index is 13.4. The Kier molecular flexibility index (Phi) is 7.76. The topological polar surface area (TPSA) is 83.8 Å².